The molecule has 1 unspecified atom stereocenters. The van der Waals surface area contributed by atoms with Gasteiger partial charge in [-0.25, -0.2) is 4.79 Å². The van der Waals surface area contributed by atoms with Crippen LogP contribution in [0.3, 0.4) is 0 Å². The van der Waals surface area contributed by atoms with Crippen molar-refractivity contribution in [3.05, 3.63) is 33.1 Å². The van der Waals surface area contributed by atoms with Crippen molar-refractivity contribution >= 4 is 0 Å². The minimum absolute atomic E-state index is 0.501. The van der Waals surface area contributed by atoms with Crippen LogP contribution in [0.4, 0.5) is 0 Å². The van der Waals surface area contributed by atoms with E-state index in [9.17, 15) is 19.8 Å². The first-order valence-corrected chi connectivity index (χ1v) is 5.36. The maximum atomic E-state index is 11.6. The smallest absolute Gasteiger partial charge is 0.330 e. The van der Waals surface area contributed by atoms with E-state index in [1.165, 1.54) is 6.92 Å². The normalized spacial score (nSPS) is 35.9. The van der Waals surface area contributed by atoms with Crippen LogP contribution < -0.4 is 11.2 Å². The molecule has 0 spiro atoms. The van der Waals surface area contributed by atoms with Gasteiger partial charge in [-0.05, 0) is 6.92 Å². The highest BCUT2D eigenvalue weighted by Gasteiger charge is 2.52. The van der Waals surface area contributed by atoms with E-state index in [1.807, 2.05) is 4.98 Å². The minimum atomic E-state index is -1.69. The van der Waals surface area contributed by atoms with Crippen LogP contribution in [-0.4, -0.2) is 49.3 Å². The van der Waals surface area contributed by atoms with E-state index in [1.54, 1.807) is 0 Å². The first-order valence-electron chi connectivity index (χ1n) is 5.36. The number of hydrogen-bond acceptors (Lipinski definition) is 6. The van der Waals surface area contributed by atoms with Crippen molar-refractivity contribution in [2.75, 3.05) is 6.61 Å². The lowest BCUT2D eigenvalue weighted by molar-refractivity contribution is -0.0807. The van der Waals surface area contributed by atoms with E-state index < -0.39 is 41.9 Å². The number of aliphatic hydroxyl groups is 3. The van der Waals surface area contributed by atoms with Gasteiger partial charge in [-0.2, -0.15) is 0 Å². The summed E-state index contributed by atoms with van der Waals surface area (Å²) in [5, 5.41) is 29.0. The van der Waals surface area contributed by atoms with Crippen LogP contribution in [0.2, 0.25) is 0 Å². The molecule has 1 aliphatic rings. The standard InChI is InChI=1S/C10H14N2O6/c1-10(17)5(4-13)18-8(7(10)15)12-3-2-6(14)11-9(12)16/h2-3,5,7-8,13,15,17H,4H2,1H3,(H,11,14,16)/t5-,7?,8-,10+/m1/s1. The Bertz CT molecular complexity index is 548. The summed E-state index contributed by atoms with van der Waals surface area (Å²) in [6.07, 6.45) is -2.43. The largest absolute Gasteiger partial charge is 0.394 e. The first kappa shape index (κ1) is 13.0. The zero-order valence-electron chi connectivity index (χ0n) is 9.61. The third-order valence-electron chi connectivity index (χ3n) is 3.12. The molecule has 8 nitrogen and oxygen atoms in total. The SMILES string of the molecule is C[C@@]1(O)C(O)[C@H](n2ccc(=O)[nH]c2=O)O[C@@H]1CO. The fourth-order valence-electron chi connectivity index (χ4n) is 1.93. The van der Waals surface area contributed by atoms with E-state index in [4.69, 9.17) is 9.84 Å². The molecule has 2 rings (SSSR count). The highest BCUT2D eigenvalue weighted by Crippen LogP contribution is 2.35. The summed E-state index contributed by atoms with van der Waals surface area (Å²) in [7, 11) is 0. The predicted molar refractivity (Wildman–Crippen MR) is 58.9 cm³/mol. The molecule has 0 bridgehead atoms. The maximum Gasteiger partial charge on any atom is 0.330 e. The van der Waals surface area contributed by atoms with Crippen molar-refractivity contribution in [2.45, 2.75) is 31.0 Å². The van der Waals surface area contributed by atoms with Gasteiger partial charge in [0.2, 0.25) is 0 Å². The molecule has 4 atom stereocenters. The van der Waals surface area contributed by atoms with E-state index in [0.717, 1.165) is 16.8 Å². The minimum Gasteiger partial charge on any atom is -0.394 e. The van der Waals surface area contributed by atoms with Crippen molar-refractivity contribution in [1.82, 2.24) is 9.55 Å². The van der Waals surface area contributed by atoms with Gasteiger partial charge in [-0.1, -0.05) is 0 Å². The molecular formula is C10H14N2O6. The first-order chi connectivity index (χ1) is 8.37. The van der Waals surface area contributed by atoms with Crippen molar-refractivity contribution in [3.8, 4) is 0 Å². The molecule has 0 aliphatic carbocycles. The summed E-state index contributed by atoms with van der Waals surface area (Å²) in [4.78, 5) is 24.5. The molecule has 1 saturated heterocycles. The molecule has 4 N–H and O–H groups in total. The third-order valence-corrected chi connectivity index (χ3v) is 3.12. The lowest BCUT2D eigenvalue weighted by atomic mass is 9.95. The van der Waals surface area contributed by atoms with Gasteiger partial charge in [0.05, 0.1) is 6.61 Å². The lowest BCUT2D eigenvalue weighted by Gasteiger charge is -2.25. The van der Waals surface area contributed by atoms with Crippen molar-refractivity contribution in [2.24, 2.45) is 0 Å². The Morgan fingerprint density at radius 2 is 2.22 bits per heavy atom. The van der Waals surface area contributed by atoms with Gasteiger partial charge in [0.25, 0.3) is 5.56 Å². The Kier molecular flexibility index (Phi) is 3.11. The number of aromatic nitrogens is 2. The Balaban J connectivity index is 2.41. The van der Waals surface area contributed by atoms with Gasteiger partial charge in [0.15, 0.2) is 6.23 Å². The van der Waals surface area contributed by atoms with E-state index in [0.29, 0.717) is 0 Å². The fourth-order valence-corrected chi connectivity index (χ4v) is 1.93. The summed E-state index contributed by atoms with van der Waals surface area (Å²) >= 11 is 0. The predicted octanol–water partition coefficient (Wildman–Crippen LogP) is -2.46. The van der Waals surface area contributed by atoms with Crippen LogP contribution in [0.15, 0.2) is 21.9 Å². The summed E-state index contributed by atoms with van der Waals surface area (Å²) in [6.45, 7) is 0.800. The fraction of sp³-hybridized carbons (Fsp3) is 0.600. The molecule has 0 aromatic carbocycles. The third kappa shape index (κ3) is 1.89. The second-order valence-corrected chi connectivity index (χ2v) is 4.39. The summed E-state index contributed by atoms with van der Waals surface area (Å²) in [6, 6.07) is 1.10. The number of nitrogens with one attached hydrogen (secondary N) is 1. The van der Waals surface area contributed by atoms with Gasteiger partial charge in [0, 0.05) is 12.3 Å². The van der Waals surface area contributed by atoms with Crippen molar-refractivity contribution < 1.29 is 20.1 Å². The van der Waals surface area contributed by atoms with Gasteiger partial charge in [-0.3, -0.25) is 14.3 Å². The number of aromatic amines is 1. The van der Waals surface area contributed by atoms with Crippen LogP contribution in [0.5, 0.6) is 0 Å². The molecule has 1 aromatic heterocycles. The second kappa shape index (κ2) is 4.32. The zero-order valence-corrected chi connectivity index (χ0v) is 9.61. The molecule has 100 valence electrons. The summed E-state index contributed by atoms with van der Waals surface area (Å²) in [5.41, 5.74) is -3.02. The molecule has 8 heteroatoms. The van der Waals surface area contributed by atoms with E-state index in [2.05, 4.69) is 0 Å². The summed E-state index contributed by atoms with van der Waals surface area (Å²) in [5.74, 6) is 0. The van der Waals surface area contributed by atoms with Gasteiger partial charge in [-0.15, -0.1) is 0 Å². The van der Waals surface area contributed by atoms with Crippen molar-refractivity contribution in [3.63, 3.8) is 0 Å². The number of aliphatic hydroxyl groups excluding tert-OH is 2. The Morgan fingerprint density at radius 3 is 2.72 bits per heavy atom. The van der Waals surface area contributed by atoms with Gasteiger partial charge >= 0.3 is 5.69 Å². The Morgan fingerprint density at radius 1 is 1.56 bits per heavy atom. The zero-order chi connectivity index (χ0) is 13.5. The quantitative estimate of drug-likeness (QED) is 0.466. The number of hydrogen-bond donors (Lipinski definition) is 4. The molecule has 2 heterocycles. The topological polar surface area (TPSA) is 125 Å². The molecule has 0 radical (unpaired) electrons. The molecule has 0 saturated carbocycles. The maximum absolute atomic E-state index is 11.6. The Labute approximate surface area is 101 Å². The molecule has 1 aliphatic heterocycles. The highest BCUT2D eigenvalue weighted by atomic mass is 16.6. The molecule has 1 aromatic rings. The van der Waals surface area contributed by atoms with E-state index >= 15 is 0 Å². The highest BCUT2D eigenvalue weighted by molar-refractivity contribution is 5.00. The van der Waals surface area contributed by atoms with Crippen LogP contribution >= 0.6 is 0 Å². The molecule has 18 heavy (non-hydrogen) atoms. The average Bonchev–Trinajstić information content (AvgIpc) is 2.52. The molecule has 0 amide bonds. The monoisotopic (exact) mass is 258 g/mol. The Hall–Kier alpha value is -1.48. The van der Waals surface area contributed by atoms with Gasteiger partial charge < -0.3 is 20.1 Å². The lowest BCUT2D eigenvalue weighted by Crippen LogP contribution is -2.46. The van der Waals surface area contributed by atoms with Crippen LogP contribution in [-0.2, 0) is 4.74 Å². The van der Waals surface area contributed by atoms with E-state index in [-0.39, 0.29) is 0 Å². The van der Waals surface area contributed by atoms with Crippen LogP contribution in [0, 0.1) is 0 Å². The van der Waals surface area contributed by atoms with Crippen LogP contribution in [0.1, 0.15) is 13.2 Å². The van der Waals surface area contributed by atoms with Crippen LogP contribution in [0.25, 0.3) is 0 Å². The van der Waals surface area contributed by atoms with Crippen molar-refractivity contribution in [1.29, 1.82) is 0 Å². The number of ether oxygens (including phenoxy) is 1. The second-order valence-electron chi connectivity index (χ2n) is 4.39. The number of nitrogens with zero attached hydrogens (tertiary/aromatic N) is 1. The summed E-state index contributed by atoms with van der Waals surface area (Å²) < 4.78 is 6.19. The average molecular weight is 258 g/mol. The number of rotatable bonds is 2. The molecule has 1 fully saturated rings. The van der Waals surface area contributed by atoms with Gasteiger partial charge in [0.1, 0.15) is 17.8 Å². The molecular weight excluding hydrogens is 244 g/mol. The number of H-pyrrole nitrogens is 1.